The van der Waals surface area contributed by atoms with Crippen molar-refractivity contribution in [1.29, 1.82) is 0 Å². The molecule has 0 radical (unpaired) electrons. The van der Waals surface area contributed by atoms with E-state index in [1.165, 1.54) is 0 Å². The summed E-state index contributed by atoms with van der Waals surface area (Å²) < 4.78 is 11.0. The molecule has 1 aliphatic heterocycles. The minimum Gasteiger partial charge on any atom is -0.493 e. The molecule has 1 heterocycles. The predicted octanol–water partition coefficient (Wildman–Crippen LogP) is 4.96. The molecule has 37 heavy (non-hydrogen) atoms. The van der Waals surface area contributed by atoms with Gasteiger partial charge in [-0.25, -0.2) is 0 Å². The van der Waals surface area contributed by atoms with Crippen LogP contribution in [0.2, 0.25) is 0 Å². The largest absolute Gasteiger partial charge is 0.493 e. The molecular weight excluding hydrogens is 486 g/mol. The van der Waals surface area contributed by atoms with E-state index in [-0.39, 0.29) is 11.8 Å². The monoisotopic (exact) mass is 527 g/mol. The Labute approximate surface area is 225 Å². The fraction of sp³-hybridized carbons (Fsp3) is 0.517. The van der Waals surface area contributed by atoms with Gasteiger partial charge in [0.15, 0.2) is 11.5 Å². The molecule has 7 nitrogen and oxygen atoms in total. The third kappa shape index (κ3) is 6.60. The molecule has 1 N–H and O–H groups in total. The lowest BCUT2D eigenvalue weighted by Gasteiger charge is -2.40. The second kappa shape index (κ2) is 13.7. The third-order valence-electron chi connectivity index (χ3n) is 6.94. The number of ether oxygens (including phenoxy) is 2. The summed E-state index contributed by atoms with van der Waals surface area (Å²) in [5.74, 6) is 0.151. The molecule has 3 rings (SSSR count). The number of methoxy groups -OCH3 is 2. The van der Waals surface area contributed by atoms with Gasteiger partial charge in [-0.05, 0) is 80.5 Å². The van der Waals surface area contributed by atoms with Gasteiger partial charge in [-0.1, -0.05) is 26.0 Å². The van der Waals surface area contributed by atoms with Crippen LogP contribution in [0.5, 0.6) is 11.5 Å². The van der Waals surface area contributed by atoms with E-state index >= 15 is 0 Å². The van der Waals surface area contributed by atoms with Gasteiger partial charge in [-0.15, -0.1) is 11.8 Å². The Morgan fingerprint density at radius 1 is 1.03 bits per heavy atom. The molecule has 2 aromatic rings. The van der Waals surface area contributed by atoms with Crippen LogP contribution in [0.3, 0.4) is 0 Å². The highest BCUT2D eigenvalue weighted by Crippen LogP contribution is 2.45. The number of benzene rings is 2. The fourth-order valence-electron chi connectivity index (χ4n) is 5.14. The number of carbonyl (C=O) groups excluding carboxylic acids is 2. The van der Waals surface area contributed by atoms with E-state index in [4.69, 9.17) is 9.47 Å². The molecule has 2 amide bonds. The minimum atomic E-state index is -0.583. The van der Waals surface area contributed by atoms with Crippen molar-refractivity contribution in [2.24, 2.45) is 0 Å². The van der Waals surface area contributed by atoms with Crippen molar-refractivity contribution in [1.82, 2.24) is 15.1 Å². The average Bonchev–Trinajstić information content (AvgIpc) is 2.92. The van der Waals surface area contributed by atoms with Crippen molar-refractivity contribution >= 4 is 23.6 Å². The lowest BCUT2D eigenvalue weighted by Crippen LogP contribution is -2.46. The molecule has 0 aromatic heterocycles. The molecule has 2 atom stereocenters. The van der Waals surface area contributed by atoms with Crippen molar-refractivity contribution in [2.45, 2.75) is 50.0 Å². The Hall–Kier alpha value is -2.71. The Morgan fingerprint density at radius 2 is 1.65 bits per heavy atom. The highest BCUT2D eigenvalue weighted by atomic mass is 32.2. The lowest BCUT2D eigenvalue weighted by molar-refractivity contribution is -0.124. The molecule has 8 heteroatoms. The lowest BCUT2D eigenvalue weighted by atomic mass is 9.79. The summed E-state index contributed by atoms with van der Waals surface area (Å²) in [7, 11) is 4.87. The fourth-order valence-corrected chi connectivity index (χ4v) is 5.55. The van der Waals surface area contributed by atoms with Crippen LogP contribution < -0.4 is 14.8 Å². The Balaban J connectivity index is 1.94. The molecule has 0 saturated carbocycles. The number of nitrogens with one attached hydrogen (secondary N) is 1. The zero-order valence-electron chi connectivity index (χ0n) is 23.0. The second-order valence-electron chi connectivity index (χ2n) is 9.39. The van der Waals surface area contributed by atoms with Gasteiger partial charge >= 0.3 is 0 Å². The number of hydrogen-bond donors (Lipinski definition) is 1. The van der Waals surface area contributed by atoms with Crippen LogP contribution in [0, 0.1) is 0 Å². The number of carbonyl (C=O) groups is 2. The summed E-state index contributed by atoms with van der Waals surface area (Å²) in [6.07, 6.45) is 5.14. The van der Waals surface area contributed by atoms with E-state index in [2.05, 4.69) is 24.1 Å². The van der Waals surface area contributed by atoms with Gasteiger partial charge in [0.25, 0.3) is 5.91 Å². The number of thioether (sulfide) groups is 1. The number of rotatable bonds is 13. The SMILES string of the molecule is CCCN(CCC)CCCNC(=O)[C@H]1c2cc(OC)c(OC)cc2C(=O)N(C)[C@H]1c1ccc(SC)cc1. The highest BCUT2D eigenvalue weighted by molar-refractivity contribution is 7.98. The second-order valence-corrected chi connectivity index (χ2v) is 10.3. The van der Waals surface area contributed by atoms with Gasteiger partial charge < -0.3 is 24.6 Å². The number of nitrogens with zero attached hydrogens (tertiary/aromatic N) is 2. The Kier molecular flexibility index (Phi) is 10.7. The van der Waals surface area contributed by atoms with E-state index in [0.29, 0.717) is 29.2 Å². The van der Waals surface area contributed by atoms with Crippen LogP contribution in [0.15, 0.2) is 41.3 Å². The number of fused-ring (bicyclic) bond motifs is 1. The summed E-state index contributed by atoms with van der Waals surface area (Å²) in [6, 6.07) is 11.1. The first-order valence-electron chi connectivity index (χ1n) is 13.1. The van der Waals surface area contributed by atoms with E-state index in [9.17, 15) is 9.59 Å². The minimum absolute atomic E-state index is 0.0932. The van der Waals surface area contributed by atoms with Gasteiger partial charge in [0.05, 0.1) is 26.2 Å². The molecule has 0 saturated heterocycles. The number of amides is 2. The van der Waals surface area contributed by atoms with Crippen LogP contribution in [-0.4, -0.2) is 75.3 Å². The first kappa shape index (κ1) is 28.9. The van der Waals surface area contributed by atoms with Gasteiger partial charge in [0, 0.05) is 24.1 Å². The maximum atomic E-state index is 13.8. The van der Waals surface area contributed by atoms with Gasteiger partial charge in [0.1, 0.15) is 0 Å². The van der Waals surface area contributed by atoms with Gasteiger partial charge in [-0.3, -0.25) is 9.59 Å². The number of hydrogen-bond acceptors (Lipinski definition) is 6. The molecule has 2 aromatic carbocycles. The quantitative estimate of drug-likeness (QED) is 0.293. The highest BCUT2D eigenvalue weighted by Gasteiger charge is 2.43. The molecule has 0 fully saturated rings. The molecule has 0 bridgehead atoms. The third-order valence-corrected chi connectivity index (χ3v) is 7.69. The average molecular weight is 528 g/mol. The van der Waals surface area contributed by atoms with Crippen LogP contribution in [0.25, 0.3) is 0 Å². The Bertz CT molecular complexity index is 1050. The smallest absolute Gasteiger partial charge is 0.254 e. The Morgan fingerprint density at radius 3 is 2.22 bits per heavy atom. The zero-order valence-corrected chi connectivity index (χ0v) is 23.8. The molecular formula is C29H41N3O4S. The summed E-state index contributed by atoms with van der Waals surface area (Å²) in [4.78, 5) is 32.6. The predicted molar refractivity (Wildman–Crippen MR) is 150 cm³/mol. The van der Waals surface area contributed by atoms with E-state index in [0.717, 1.165) is 49.4 Å². The molecule has 0 unspecified atom stereocenters. The van der Waals surface area contributed by atoms with Crippen molar-refractivity contribution in [3.8, 4) is 11.5 Å². The summed E-state index contributed by atoms with van der Waals surface area (Å²) in [6.45, 7) is 8.06. The molecule has 0 spiro atoms. The van der Waals surface area contributed by atoms with E-state index in [1.54, 1.807) is 50.1 Å². The maximum absolute atomic E-state index is 13.8. The number of likely N-dealkylation sites (N-methyl/N-ethyl adjacent to an activating group) is 1. The summed E-state index contributed by atoms with van der Waals surface area (Å²) in [5, 5.41) is 3.18. The maximum Gasteiger partial charge on any atom is 0.254 e. The van der Waals surface area contributed by atoms with Crippen molar-refractivity contribution in [3.05, 3.63) is 53.1 Å². The van der Waals surface area contributed by atoms with Crippen LogP contribution in [0.4, 0.5) is 0 Å². The molecule has 202 valence electrons. The van der Waals surface area contributed by atoms with Crippen molar-refractivity contribution in [3.63, 3.8) is 0 Å². The van der Waals surface area contributed by atoms with Gasteiger partial charge in [0.2, 0.25) is 5.91 Å². The van der Waals surface area contributed by atoms with E-state index in [1.807, 2.05) is 30.5 Å². The normalized spacial score (nSPS) is 17.1. The molecule has 1 aliphatic rings. The van der Waals surface area contributed by atoms with E-state index < -0.39 is 12.0 Å². The first-order chi connectivity index (χ1) is 17.9. The van der Waals surface area contributed by atoms with Gasteiger partial charge in [-0.2, -0.15) is 0 Å². The van der Waals surface area contributed by atoms with Crippen LogP contribution >= 0.6 is 11.8 Å². The molecule has 0 aliphatic carbocycles. The summed E-state index contributed by atoms with van der Waals surface area (Å²) >= 11 is 1.66. The standard InChI is InChI=1S/C29H41N3O4S/c1-7-15-32(16-8-2)17-9-14-30-28(33)26-22-18-24(35-4)25(36-5)19-23(22)29(34)31(3)27(26)20-10-12-21(37-6)13-11-20/h10-13,18-19,26-27H,7-9,14-17H2,1-6H3,(H,30,33)/t26-,27-/m0/s1. The summed E-state index contributed by atoms with van der Waals surface area (Å²) in [5.41, 5.74) is 2.05. The van der Waals surface area contributed by atoms with Crippen molar-refractivity contribution < 1.29 is 19.1 Å². The first-order valence-corrected chi connectivity index (χ1v) is 14.3. The van der Waals surface area contributed by atoms with Crippen LogP contribution in [0.1, 0.15) is 66.6 Å². The van der Waals surface area contributed by atoms with Crippen LogP contribution in [-0.2, 0) is 4.79 Å². The zero-order chi connectivity index (χ0) is 26.9. The topological polar surface area (TPSA) is 71.1 Å². The van der Waals surface area contributed by atoms with Crippen molar-refractivity contribution in [2.75, 3.05) is 53.7 Å².